The minimum Gasteiger partial charge on any atom is -0.459 e. The molecule has 1 atom stereocenters. The van der Waals surface area contributed by atoms with Gasteiger partial charge in [0.05, 0.1) is 12.6 Å². The smallest absolute Gasteiger partial charge is 0.222 e. The highest BCUT2D eigenvalue weighted by Gasteiger charge is 2.14. The third-order valence-corrected chi connectivity index (χ3v) is 3.28. The predicted octanol–water partition coefficient (Wildman–Crippen LogP) is 2.29. The van der Waals surface area contributed by atoms with Crippen LogP contribution in [0.1, 0.15) is 25.1 Å². The number of carbonyl (C=O) groups is 1. The molecule has 0 saturated carbocycles. The summed E-state index contributed by atoms with van der Waals surface area (Å²) in [5, 5.41) is 7.92. The number of amides is 1. The fourth-order valence-corrected chi connectivity index (χ4v) is 2.16. The molecule has 1 amide bonds. The first-order valence-corrected chi connectivity index (χ1v) is 6.82. The molecule has 2 heterocycles. The van der Waals surface area contributed by atoms with Crippen molar-refractivity contribution >= 4 is 16.9 Å². The Kier molecular flexibility index (Phi) is 3.68. The van der Waals surface area contributed by atoms with Crippen LogP contribution in [0.2, 0.25) is 0 Å². The molecule has 0 saturated heterocycles. The largest absolute Gasteiger partial charge is 0.459 e. The van der Waals surface area contributed by atoms with E-state index in [1.54, 1.807) is 11.0 Å². The number of hydrogen-bond acceptors (Lipinski definition) is 4. The van der Waals surface area contributed by atoms with Crippen molar-refractivity contribution in [2.24, 2.45) is 0 Å². The number of aryl methyl sites for hydroxylation is 1. The SMILES string of the molecule is CC(NC(=O)CCn1cncn1)c1cc2ccccc2o1. The number of nitrogens with one attached hydrogen (secondary N) is 1. The van der Waals surface area contributed by atoms with Gasteiger partial charge in [-0.05, 0) is 19.1 Å². The molecule has 3 aromatic rings. The number of carbonyl (C=O) groups excluding carboxylic acids is 1. The van der Waals surface area contributed by atoms with Crippen molar-refractivity contribution in [3.05, 3.63) is 48.7 Å². The Hall–Kier alpha value is -2.63. The van der Waals surface area contributed by atoms with Gasteiger partial charge in [0.15, 0.2) is 0 Å². The van der Waals surface area contributed by atoms with Gasteiger partial charge in [-0.2, -0.15) is 5.10 Å². The minimum atomic E-state index is -0.166. The molecular formula is C15H16N4O2. The summed E-state index contributed by atoms with van der Waals surface area (Å²) >= 11 is 0. The molecule has 6 heteroatoms. The summed E-state index contributed by atoms with van der Waals surface area (Å²) in [6.45, 7) is 2.42. The summed E-state index contributed by atoms with van der Waals surface area (Å²) in [6.07, 6.45) is 3.40. The van der Waals surface area contributed by atoms with E-state index >= 15 is 0 Å². The van der Waals surface area contributed by atoms with E-state index in [-0.39, 0.29) is 11.9 Å². The molecule has 0 aliphatic heterocycles. The first kappa shape index (κ1) is 13.4. The average Bonchev–Trinajstić information content (AvgIpc) is 3.14. The Labute approximate surface area is 121 Å². The number of hydrogen-bond donors (Lipinski definition) is 1. The first-order valence-electron chi connectivity index (χ1n) is 6.82. The number of fused-ring (bicyclic) bond motifs is 1. The third-order valence-electron chi connectivity index (χ3n) is 3.28. The fraction of sp³-hybridized carbons (Fsp3) is 0.267. The third kappa shape index (κ3) is 3.10. The molecule has 108 valence electrons. The summed E-state index contributed by atoms with van der Waals surface area (Å²) in [6, 6.07) is 9.58. The van der Waals surface area contributed by atoms with Gasteiger partial charge in [-0.1, -0.05) is 18.2 Å². The molecule has 2 aromatic heterocycles. The van der Waals surface area contributed by atoms with Crippen molar-refractivity contribution in [1.29, 1.82) is 0 Å². The minimum absolute atomic E-state index is 0.0431. The van der Waals surface area contributed by atoms with Crippen LogP contribution < -0.4 is 5.32 Å². The zero-order valence-electron chi connectivity index (χ0n) is 11.7. The highest BCUT2D eigenvalue weighted by molar-refractivity contribution is 5.79. The van der Waals surface area contributed by atoms with Gasteiger partial charge in [0.1, 0.15) is 24.0 Å². The Bertz CT molecular complexity index is 700. The number of aromatic nitrogens is 3. The van der Waals surface area contributed by atoms with Crippen molar-refractivity contribution < 1.29 is 9.21 Å². The maximum atomic E-state index is 11.9. The summed E-state index contributed by atoms with van der Waals surface area (Å²) < 4.78 is 7.37. The number of benzene rings is 1. The van der Waals surface area contributed by atoms with Crippen LogP contribution in [-0.4, -0.2) is 20.7 Å². The zero-order chi connectivity index (χ0) is 14.7. The van der Waals surface area contributed by atoms with Crippen LogP contribution >= 0.6 is 0 Å². The van der Waals surface area contributed by atoms with E-state index in [1.165, 1.54) is 6.33 Å². The van der Waals surface area contributed by atoms with Crippen LogP contribution in [0, 0.1) is 0 Å². The number of furan rings is 1. The average molecular weight is 284 g/mol. The van der Waals surface area contributed by atoms with Gasteiger partial charge in [0.25, 0.3) is 0 Å². The van der Waals surface area contributed by atoms with E-state index in [0.29, 0.717) is 13.0 Å². The molecular weight excluding hydrogens is 268 g/mol. The van der Waals surface area contributed by atoms with E-state index in [9.17, 15) is 4.79 Å². The monoisotopic (exact) mass is 284 g/mol. The number of nitrogens with zero attached hydrogens (tertiary/aromatic N) is 3. The predicted molar refractivity (Wildman–Crippen MR) is 77.4 cm³/mol. The highest BCUT2D eigenvalue weighted by atomic mass is 16.3. The van der Waals surface area contributed by atoms with Crippen molar-refractivity contribution in [3.8, 4) is 0 Å². The maximum Gasteiger partial charge on any atom is 0.222 e. The van der Waals surface area contributed by atoms with Crippen LogP contribution in [0.4, 0.5) is 0 Å². The van der Waals surface area contributed by atoms with Gasteiger partial charge >= 0.3 is 0 Å². The molecule has 0 radical (unpaired) electrons. The van der Waals surface area contributed by atoms with Crippen LogP contribution in [0.3, 0.4) is 0 Å². The molecule has 0 fully saturated rings. The maximum absolute atomic E-state index is 11.9. The van der Waals surface area contributed by atoms with Gasteiger partial charge in [-0.3, -0.25) is 9.48 Å². The molecule has 0 bridgehead atoms. The Morgan fingerprint density at radius 1 is 1.43 bits per heavy atom. The lowest BCUT2D eigenvalue weighted by molar-refractivity contribution is -0.122. The van der Waals surface area contributed by atoms with Crippen LogP contribution in [-0.2, 0) is 11.3 Å². The first-order chi connectivity index (χ1) is 10.2. The second-order valence-electron chi connectivity index (χ2n) is 4.88. The van der Waals surface area contributed by atoms with Crippen molar-refractivity contribution in [3.63, 3.8) is 0 Å². The van der Waals surface area contributed by atoms with Gasteiger partial charge in [-0.25, -0.2) is 4.98 Å². The van der Waals surface area contributed by atoms with E-state index < -0.39 is 0 Å². The summed E-state index contributed by atoms with van der Waals surface area (Å²) in [5.41, 5.74) is 0.830. The highest BCUT2D eigenvalue weighted by Crippen LogP contribution is 2.23. The second kappa shape index (κ2) is 5.78. The lowest BCUT2D eigenvalue weighted by Crippen LogP contribution is -2.27. The van der Waals surface area contributed by atoms with Gasteiger partial charge in [0, 0.05) is 11.8 Å². The molecule has 21 heavy (non-hydrogen) atoms. The van der Waals surface area contributed by atoms with Crippen LogP contribution in [0.5, 0.6) is 0 Å². The molecule has 1 N–H and O–H groups in total. The normalized spacial score (nSPS) is 12.4. The molecule has 6 nitrogen and oxygen atoms in total. The zero-order valence-corrected chi connectivity index (χ0v) is 11.7. The van der Waals surface area contributed by atoms with Gasteiger partial charge in [-0.15, -0.1) is 0 Å². The van der Waals surface area contributed by atoms with Crippen molar-refractivity contribution in [2.75, 3.05) is 0 Å². The van der Waals surface area contributed by atoms with Gasteiger partial charge < -0.3 is 9.73 Å². The molecule has 1 aromatic carbocycles. The number of para-hydroxylation sites is 1. The molecule has 0 aliphatic carbocycles. The second-order valence-corrected chi connectivity index (χ2v) is 4.88. The lowest BCUT2D eigenvalue weighted by Gasteiger charge is -2.11. The molecule has 1 unspecified atom stereocenters. The topological polar surface area (TPSA) is 73.0 Å². The number of rotatable bonds is 5. The summed E-state index contributed by atoms with van der Waals surface area (Å²) in [7, 11) is 0. The van der Waals surface area contributed by atoms with E-state index in [0.717, 1.165) is 16.7 Å². The van der Waals surface area contributed by atoms with Crippen LogP contribution in [0.15, 0.2) is 47.4 Å². The summed E-state index contributed by atoms with van der Waals surface area (Å²) in [4.78, 5) is 15.8. The summed E-state index contributed by atoms with van der Waals surface area (Å²) in [5.74, 6) is 0.712. The Balaban J connectivity index is 1.60. The Morgan fingerprint density at radius 2 is 2.29 bits per heavy atom. The van der Waals surface area contributed by atoms with Crippen molar-refractivity contribution in [2.45, 2.75) is 25.9 Å². The molecule has 0 spiro atoms. The molecule has 0 aliphatic rings. The Morgan fingerprint density at radius 3 is 3.05 bits per heavy atom. The standard InChI is InChI=1S/C15H16N4O2/c1-11(14-8-12-4-2-3-5-13(12)21-14)18-15(20)6-7-19-10-16-9-17-19/h2-5,8-11H,6-7H2,1H3,(H,18,20). The quantitative estimate of drug-likeness (QED) is 0.780. The van der Waals surface area contributed by atoms with Crippen molar-refractivity contribution in [1.82, 2.24) is 20.1 Å². The van der Waals surface area contributed by atoms with Crippen LogP contribution in [0.25, 0.3) is 11.0 Å². The van der Waals surface area contributed by atoms with Gasteiger partial charge in [0.2, 0.25) is 5.91 Å². The van der Waals surface area contributed by atoms with E-state index in [4.69, 9.17) is 4.42 Å². The molecule has 3 rings (SSSR count). The fourth-order valence-electron chi connectivity index (χ4n) is 2.16. The van der Waals surface area contributed by atoms with E-state index in [1.807, 2.05) is 37.3 Å². The lowest BCUT2D eigenvalue weighted by atomic mass is 10.2. The van der Waals surface area contributed by atoms with E-state index in [2.05, 4.69) is 15.4 Å².